The number of rotatable bonds is 4. The summed E-state index contributed by atoms with van der Waals surface area (Å²) in [6.45, 7) is 17.6. The summed E-state index contributed by atoms with van der Waals surface area (Å²) in [5, 5.41) is 0. The number of furan rings is 1. The van der Waals surface area contributed by atoms with Crippen LogP contribution >= 0.6 is 11.3 Å². The Balaban J connectivity index is 0.000000220. The average molecular weight is 321 g/mol. The van der Waals surface area contributed by atoms with Gasteiger partial charge in [0.05, 0.1) is 0 Å². The van der Waals surface area contributed by atoms with Gasteiger partial charge in [0.2, 0.25) is 0 Å². The average Bonchev–Trinajstić information content (AvgIpc) is 3.09. The fourth-order valence-corrected chi connectivity index (χ4v) is 2.99. The van der Waals surface area contributed by atoms with E-state index in [0.717, 1.165) is 11.5 Å². The molecule has 2 rings (SSSR count). The molecule has 124 valence electrons. The maximum atomic E-state index is 5.61. The van der Waals surface area contributed by atoms with Gasteiger partial charge < -0.3 is 4.42 Å². The van der Waals surface area contributed by atoms with Crippen molar-refractivity contribution in [1.29, 1.82) is 0 Å². The second kappa shape index (κ2) is 8.57. The largest absolute Gasteiger partial charge is 0.466 e. The van der Waals surface area contributed by atoms with Crippen molar-refractivity contribution in [2.24, 2.45) is 0 Å². The Bertz CT molecular complexity index is 448. The first-order chi connectivity index (χ1) is 10.2. The van der Waals surface area contributed by atoms with Crippen LogP contribution in [0.1, 0.15) is 100 Å². The van der Waals surface area contributed by atoms with Gasteiger partial charge in [0, 0.05) is 21.6 Å². The van der Waals surface area contributed by atoms with Crippen molar-refractivity contribution in [3.05, 3.63) is 45.5 Å². The van der Waals surface area contributed by atoms with Crippen molar-refractivity contribution in [2.45, 2.75) is 79.1 Å². The molecule has 0 atom stereocenters. The zero-order valence-corrected chi connectivity index (χ0v) is 16.3. The van der Waals surface area contributed by atoms with Crippen LogP contribution in [0.25, 0.3) is 0 Å². The van der Waals surface area contributed by atoms with Crippen LogP contribution < -0.4 is 0 Å². The van der Waals surface area contributed by atoms with E-state index in [1.165, 1.54) is 9.75 Å². The Morgan fingerprint density at radius 3 is 1.14 bits per heavy atom. The molecule has 0 aliphatic heterocycles. The van der Waals surface area contributed by atoms with Gasteiger partial charge in [0.1, 0.15) is 11.5 Å². The highest BCUT2D eigenvalue weighted by Gasteiger charge is 2.07. The molecule has 0 amide bonds. The van der Waals surface area contributed by atoms with Gasteiger partial charge in [-0.05, 0) is 36.1 Å². The number of thiophene rings is 1. The predicted octanol–water partition coefficient (Wildman–Crippen LogP) is 7.52. The van der Waals surface area contributed by atoms with Crippen LogP contribution in [0.4, 0.5) is 0 Å². The minimum absolute atomic E-state index is 0.502. The van der Waals surface area contributed by atoms with E-state index in [9.17, 15) is 0 Å². The van der Waals surface area contributed by atoms with Crippen LogP contribution in [0, 0.1) is 0 Å². The summed E-state index contributed by atoms with van der Waals surface area (Å²) in [7, 11) is 0. The van der Waals surface area contributed by atoms with Crippen molar-refractivity contribution >= 4 is 11.3 Å². The van der Waals surface area contributed by atoms with Crippen molar-refractivity contribution in [3.8, 4) is 0 Å². The lowest BCUT2D eigenvalue weighted by molar-refractivity contribution is 0.432. The zero-order valence-electron chi connectivity index (χ0n) is 15.4. The number of hydrogen-bond donors (Lipinski definition) is 0. The van der Waals surface area contributed by atoms with Gasteiger partial charge in [0.15, 0.2) is 0 Å². The lowest BCUT2D eigenvalue weighted by Crippen LogP contribution is -1.83. The molecule has 0 aromatic carbocycles. The maximum absolute atomic E-state index is 5.61. The maximum Gasteiger partial charge on any atom is 0.106 e. The molecule has 0 N–H and O–H groups in total. The topological polar surface area (TPSA) is 13.1 Å². The Labute approximate surface area is 140 Å². The Morgan fingerprint density at radius 1 is 0.591 bits per heavy atom. The van der Waals surface area contributed by atoms with Crippen LogP contribution in [0.2, 0.25) is 0 Å². The molecule has 0 bridgehead atoms. The van der Waals surface area contributed by atoms with Gasteiger partial charge in [-0.1, -0.05) is 55.4 Å². The summed E-state index contributed by atoms with van der Waals surface area (Å²) in [5.41, 5.74) is 0. The molecular formula is C20H32OS. The minimum Gasteiger partial charge on any atom is -0.466 e. The lowest BCUT2D eigenvalue weighted by atomic mass is 10.1. The zero-order chi connectivity index (χ0) is 16.9. The van der Waals surface area contributed by atoms with Gasteiger partial charge in [-0.25, -0.2) is 0 Å². The monoisotopic (exact) mass is 320 g/mol. The van der Waals surface area contributed by atoms with Crippen molar-refractivity contribution < 1.29 is 4.42 Å². The molecule has 2 heteroatoms. The summed E-state index contributed by atoms with van der Waals surface area (Å²) < 4.78 is 5.61. The quantitative estimate of drug-likeness (QED) is 0.567. The molecule has 0 aliphatic rings. The van der Waals surface area contributed by atoms with Crippen molar-refractivity contribution in [2.75, 3.05) is 0 Å². The summed E-state index contributed by atoms with van der Waals surface area (Å²) >= 11 is 1.95. The molecular weight excluding hydrogens is 288 g/mol. The van der Waals surface area contributed by atoms with Crippen molar-refractivity contribution in [1.82, 2.24) is 0 Å². The van der Waals surface area contributed by atoms with E-state index in [1.54, 1.807) is 0 Å². The second-order valence-corrected chi connectivity index (χ2v) is 8.25. The van der Waals surface area contributed by atoms with Crippen LogP contribution in [0.3, 0.4) is 0 Å². The molecule has 2 heterocycles. The van der Waals surface area contributed by atoms with E-state index in [2.05, 4.69) is 79.7 Å². The summed E-state index contributed by atoms with van der Waals surface area (Å²) in [6.07, 6.45) is 0. The van der Waals surface area contributed by atoms with E-state index in [-0.39, 0.29) is 0 Å². The first-order valence-corrected chi connectivity index (χ1v) is 9.23. The smallest absolute Gasteiger partial charge is 0.106 e. The highest BCUT2D eigenvalue weighted by atomic mass is 32.1. The standard InChI is InChI=1S/C10H16O.C10H16S/c2*1-7(2)9-5-6-10(11-9)8(3)4/h2*5-8H,1-4H3. The van der Waals surface area contributed by atoms with E-state index in [4.69, 9.17) is 4.42 Å². The molecule has 0 saturated heterocycles. The molecule has 0 unspecified atom stereocenters. The van der Waals surface area contributed by atoms with Crippen LogP contribution in [-0.2, 0) is 0 Å². The van der Waals surface area contributed by atoms with Crippen LogP contribution in [-0.4, -0.2) is 0 Å². The van der Waals surface area contributed by atoms with Crippen molar-refractivity contribution in [3.63, 3.8) is 0 Å². The molecule has 0 spiro atoms. The molecule has 0 aliphatic carbocycles. The third kappa shape index (κ3) is 5.64. The van der Waals surface area contributed by atoms with Crippen LogP contribution in [0.15, 0.2) is 28.7 Å². The molecule has 0 radical (unpaired) electrons. The van der Waals surface area contributed by atoms with Gasteiger partial charge in [0.25, 0.3) is 0 Å². The van der Waals surface area contributed by atoms with E-state index < -0.39 is 0 Å². The SMILES string of the molecule is CC(C)c1ccc(C(C)C)o1.CC(C)c1ccc(C(C)C)s1. The first-order valence-electron chi connectivity index (χ1n) is 8.41. The second-order valence-electron chi connectivity index (χ2n) is 7.10. The Hall–Kier alpha value is -1.02. The van der Waals surface area contributed by atoms with E-state index in [0.29, 0.717) is 23.7 Å². The van der Waals surface area contributed by atoms with Gasteiger partial charge in [-0.15, -0.1) is 11.3 Å². The lowest BCUT2D eigenvalue weighted by Gasteiger charge is -2.00. The van der Waals surface area contributed by atoms with Crippen LogP contribution in [0.5, 0.6) is 0 Å². The Morgan fingerprint density at radius 2 is 0.955 bits per heavy atom. The van der Waals surface area contributed by atoms with Gasteiger partial charge in [-0.2, -0.15) is 0 Å². The van der Waals surface area contributed by atoms with Gasteiger partial charge >= 0.3 is 0 Å². The number of hydrogen-bond acceptors (Lipinski definition) is 2. The van der Waals surface area contributed by atoms with E-state index in [1.807, 2.05) is 11.3 Å². The summed E-state index contributed by atoms with van der Waals surface area (Å²) in [6, 6.07) is 8.65. The third-order valence-corrected chi connectivity index (χ3v) is 5.26. The normalized spacial score (nSPS) is 11.5. The molecule has 22 heavy (non-hydrogen) atoms. The fraction of sp³-hybridized carbons (Fsp3) is 0.600. The Kier molecular flexibility index (Phi) is 7.41. The highest BCUT2D eigenvalue weighted by Crippen LogP contribution is 2.28. The fourth-order valence-electron chi connectivity index (χ4n) is 1.98. The molecule has 1 nitrogen and oxygen atoms in total. The third-order valence-electron chi connectivity index (χ3n) is 3.57. The first kappa shape index (κ1) is 19.0. The summed E-state index contributed by atoms with van der Waals surface area (Å²) in [5.74, 6) is 4.56. The molecule has 2 aromatic heterocycles. The molecule has 2 aromatic rings. The minimum atomic E-state index is 0.502. The van der Waals surface area contributed by atoms with E-state index >= 15 is 0 Å². The predicted molar refractivity (Wildman–Crippen MR) is 99.4 cm³/mol. The molecule has 0 fully saturated rings. The summed E-state index contributed by atoms with van der Waals surface area (Å²) in [4.78, 5) is 3.02. The molecule has 0 saturated carbocycles. The van der Waals surface area contributed by atoms with Gasteiger partial charge in [-0.3, -0.25) is 0 Å². The highest BCUT2D eigenvalue weighted by molar-refractivity contribution is 7.12.